The summed E-state index contributed by atoms with van der Waals surface area (Å²) in [5.74, 6) is 0. The Labute approximate surface area is 160 Å². The zero-order chi connectivity index (χ0) is 19.1. The number of benzene rings is 2. The predicted molar refractivity (Wildman–Crippen MR) is 116 cm³/mol. The molecule has 0 spiro atoms. The zero-order valence-corrected chi connectivity index (χ0v) is 17.8. The first-order valence-electron chi connectivity index (χ1n) is 9.49. The highest BCUT2D eigenvalue weighted by Crippen LogP contribution is 2.48. The number of aryl methyl sites for hydroxylation is 2. The molecule has 0 unspecified atom stereocenters. The quantitative estimate of drug-likeness (QED) is 0.345. The number of nitrogens with zero attached hydrogens (tertiary/aromatic N) is 2. The first-order chi connectivity index (χ1) is 12.8. The standard InChI is InChI=1S/C23H25N2OSi/c1-14-17-8-10-26-20(17)13-19-21(14)23-22-15(7-9-24(23)2)11-16(27(4,5)6)12-18(22)25(19)3/h7-13H,1-6H3/q+1. The Kier molecular flexibility index (Phi) is 3.21. The van der Waals surface area contributed by atoms with E-state index in [1.54, 1.807) is 6.26 Å². The second-order valence-electron chi connectivity index (χ2n) is 8.77. The summed E-state index contributed by atoms with van der Waals surface area (Å²) in [6, 6.07) is 11.4. The summed E-state index contributed by atoms with van der Waals surface area (Å²) < 4.78 is 8.02. The van der Waals surface area contributed by atoms with E-state index in [9.17, 15) is 0 Å². The van der Waals surface area contributed by atoms with E-state index in [4.69, 9.17) is 4.42 Å². The molecule has 5 rings (SSSR count). The monoisotopic (exact) mass is 373 g/mol. The third-order valence-electron chi connectivity index (χ3n) is 6.04. The fourth-order valence-corrected chi connectivity index (χ4v) is 5.60. The van der Waals surface area contributed by atoms with Gasteiger partial charge in [0.1, 0.15) is 12.6 Å². The van der Waals surface area contributed by atoms with E-state index in [-0.39, 0.29) is 0 Å². The summed E-state index contributed by atoms with van der Waals surface area (Å²) in [4.78, 5) is 2.35. The van der Waals surface area contributed by atoms with Gasteiger partial charge in [-0.3, -0.25) is 0 Å². The lowest BCUT2D eigenvalue weighted by molar-refractivity contribution is -0.659. The third-order valence-corrected chi connectivity index (χ3v) is 8.06. The van der Waals surface area contributed by atoms with Crippen molar-refractivity contribution in [2.24, 2.45) is 7.05 Å². The van der Waals surface area contributed by atoms with Crippen molar-refractivity contribution in [3.63, 3.8) is 0 Å². The van der Waals surface area contributed by atoms with Crippen LogP contribution < -0.4 is 14.7 Å². The molecule has 27 heavy (non-hydrogen) atoms. The van der Waals surface area contributed by atoms with E-state index in [2.05, 4.69) is 86.7 Å². The highest BCUT2D eigenvalue weighted by molar-refractivity contribution is 6.89. The summed E-state index contributed by atoms with van der Waals surface area (Å²) >= 11 is 0. The molecule has 1 aliphatic heterocycles. The lowest BCUT2D eigenvalue weighted by atomic mass is 9.91. The Bertz CT molecular complexity index is 1250. The van der Waals surface area contributed by atoms with E-state index in [1.807, 2.05) is 0 Å². The molecule has 0 radical (unpaired) electrons. The molecular weight excluding hydrogens is 348 g/mol. The van der Waals surface area contributed by atoms with E-state index >= 15 is 0 Å². The second kappa shape index (κ2) is 5.23. The van der Waals surface area contributed by atoms with Crippen LogP contribution in [0.2, 0.25) is 19.6 Å². The molecular formula is C23H25N2OSi+. The van der Waals surface area contributed by atoms with Crippen molar-refractivity contribution in [1.82, 2.24) is 0 Å². The lowest BCUT2D eigenvalue weighted by Gasteiger charge is -2.31. The average Bonchev–Trinajstić information content (AvgIpc) is 3.08. The summed E-state index contributed by atoms with van der Waals surface area (Å²) in [6.45, 7) is 9.46. The van der Waals surface area contributed by atoms with Crippen molar-refractivity contribution in [2.45, 2.75) is 26.6 Å². The van der Waals surface area contributed by atoms with Crippen LogP contribution in [-0.4, -0.2) is 15.1 Å². The first-order valence-corrected chi connectivity index (χ1v) is 13.0. The van der Waals surface area contributed by atoms with Gasteiger partial charge >= 0.3 is 0 Å². The van der Waals surface area contributed by atoms with Gasteiger partial charge in [0.05, 0.1) is 36.7 Å². The number of hydrogen-bond acceptors (Lipinski definition) is 2. The largest absolute Gasteiger partial charge is 0.464 e. The number of furan rings is 1. The van der Waals surface area contributed by atoms with Gasteiger partial charge in [-0.15, -0.1) is 0 Å². The Morgan fingerprint density at radius 2 is 1.81 bits per heavy atom. The van der Waals surface area contributed by atoms with Gasteiger partial charge in [0.15, 0.2) is 6.20 Å². The van der Waals surface area contributed by atoms with Gasteiger partial charge in [-0.2, -0.15) is 0 Å². The number of anilines is 2. The first kappa shape index (κ1) is 16.6. The molecule has 0 N–H and O–H groups in total. The fraction of sp³-hybridized carbons (Fsp3) is 0.261. The molecule has 0 fully saturated rings. The van der Waals surface area contributed by atoms with Crippen LogP contribution in [-0.2, 0) is 7.05 Å². The molecule has 1 aliphatic rings. The van der Waals surface area contributed by atoms with E-state index in [0.717, 1.165) is 5.58 Å². The SMILES string of the molecule is Cc1c2c(cc3occc13)N(C)c1cc([Si](C)(C)C)cc3cc[n+](C)c-2c13. The zero-order valence-electron chi connectivity index (χ0n) is 16.8. The average molecular weight is 374 g/mol. The predicted octanol–water partition coefficient (Wildman–Crippen LogP) is 5.01. The van der Waals surface area contributed by atoms with Crippen molar-refractivity contribution >= 4 is 46.4 Å². The summed E-state index contributed by atoms with van der Waals surface area (Å²) in [5, 5.41) is 5.38. The Hall–Kier alpha value is -2.59. The van der Waals surface area contributed by atoms with E-state index in [1.165, 1.54) is 49.5 Å². The number of pyridine rings is 1. The van der Waals surface area contributed by atoms with Crippen LogP contribution in [0.1, 0.15) is 5.56 Å². The number of fused-ring (bicyclic) bond motifs is 3. The molecule has 136 valence electrons. The molecule has 0 saturated carbocycles. The minimum Gasteiger partial charge on any atom is -0.464 e. The van der Waals surface area contributed by atoms with Gasteiger partial charge in [-0.1, -0.05) is 30.9 Å². The fourth-order valence-electron chi connectivity index (χ4n) is 4.44. The van der Waals surface area contributed by atoms with Crippen LogP contribution in [0.3, 0.4) is 0 Å². The smallest absolute Gasteiger partial charge is 0.224 e. The van der Waals surface area contributed by atoms with Crippen molar-refractivity contribution in [1.29, 1.82) is 0 Å². The summed E-state index contributed by atoms with van der Waals surface area (Å²) in [6.07, 6.45) is 3.99. The van der Waals surface area contributed by atoms with Crippen LogP contribution in [0, 0.1) is 6.92 Å². The summed E-state index contributed by atoms with van der Waals surface area (Å²) in [5.41, 5.74) is 7.38. The van der Waals surface area contributed by atoms with Gasteiger partial charge in [0.25, 0.3) is 0 Å². The van der Waals surface area contributed by atoms with Crippen LogP contribution in [0.25, 0.3) is 33.0 Å². The molecule has 0 atom stereocenters. The number of aromatic nitrogens is 1. The van der Waals surface area contributed by atoms with Crippen molar-refractivity contribution in [3.8, 4) is 11.3 Å². The molecule has 0 amide bonds. The van der Waals surface area contributed by atoms with Gasteiger partial charge in [-0.25, -0.2) is 4.57 Å². The maximum absolute atomic E-state index is 5.76. The van der Waals surface area contributed by atoms with Crippen LogP contribution in [0.4, 0.5) is 11.4 Å². The maximum atomic E-state index is 5.76. The topological polar surface area (TPSA) is 20.3 Å². The Balaban J connectivity index is 1.99. The highest BCUT2D eigenvalue weighted by atomic mass is 28.3. The third kappa shape index (κ3) is 2.16. The van der Waals surface area contributed by atoms with Crippen LogP contribution in [0.5, 0.6) is 0 Å². The molecule has 3 heterocycles. The minimum absolute atomic E-state index is 0.956. The van der Waals surface area contributed by atoms with Gasteiger partial charge in [0.2, 0.25) is 5.69 Å². The highest BCUT2D eigenvalue weighted by Gasteiger charge is 2.33. The molecule has 3 nitrogen and oxygen atoms in total. The number of hydrogen-bond donors (Lipinski definition) is 0. The molecule has 4 aromatic rings. The lowest BCUT2D eigenvalue weighted by Crippen LogP contribution is -2.39. The van der Waals surface area contributed by atoms with Gasteiger partial charge < -0.3 is 9.32 Å². The number of rotatable bonds is 1. The molecule has 4 heteroatoms. The summed E-state index contributed by atoms with van der Waals surface area (Å²) in [7, 11) is 2.92. The minimum atomic E-state index is -1.42. The Morgan fingerprint density at radius 3 is 2.56 bits per heavy atom. The van der Waals surface area contributed by atoms with Crippen LogP contribution in [0.15, 0.2) is 47.2 Å². The van der Waals surface area contributed by atoms with E-state index < -0.39 is 8.07 Å². The van der Waals surface area contributed by atoms with Crippen molar-refractivity contribution in [3.05, 3.63) is 48.4 Å². The Morgan fingerprint density at radius 1 is 1.04 bits per heavy atom. The van der Waals surface area contributed by atoms with E-state index in [0.29, 0.717) is 0 Å². The maximum Gasteiger partial charge on any atom is 0.224 e. The van der Waals surface area contributed by atoms with Crippen molar-refractivity contribution < 1.29 is 8.98 Å². The molecule has 0 bridgehead atoms. The molecule has 2 aromatic heterocycles. The molecule has 0 saturated heterocycles. The van der Waals surface area contributed by atoms with Gasteiger partial charge in [-0.05, 0) is 30.0 Å². The van der Waals surface area contributed by atoms with Gasteiger partial charge in [0, 0.05) is 24.6 Å². The van der Waals surface area contributed by atoms with Crippen LogP contribution >= 0.6 is 0 Å². The normalized spacial score (nSPS) is 13.5. The molecule has 0 aliphatic carbocycles. The molecule has 2 aromatic carbocycles. The second-order valence-corrected chi connectivity index (χ2v) is 13.8. The van der Waals surface area contributed by atoms with Crippen molar-refractivity contribution in [2.75, 3.05) is 11.9 Å².